The number of carbonyl (C=O) groups is 1. The third-order valence-corrected chi connectivity index (χ3v) is 2.28. The Hall–Kier alpha value is -0.570. The lowest BCUT2D eigenvalue weighted by Crippen LogP contribution is -2.18. The minimum absolute atomic E-state index is 0.0497. The fraction of sp³-hybridized carbons (Fsp3) is 0.909. The van der Waals surface area contributed by atoms with Crippen LogP contribution in [0.25, 0.3) is 0 Å². The van der Waals surface area contributed by atoms with E-state index in [0.717, 1.165) is 25.7 Å². The molecule has 1 unspecified atom stereocenters. The van der Waals surface area contributed by atoms with Crippen molar-refractivity contribution in [2.24, 2.45) is 5.92 Å². The maximum atomic E-state index is 11.5. The van der Waals surface area contributed by atoms with Crippen LogP contribution in [0.3, 0.4) is 0 Å². The number of aliphatic hydroxyl groups excluding tert-OH is 1. The number of hydrogen-bond donors (Lipinski definition) is 1. The number of hydrogen-bond acceptors (Lipinski definition) is 3. The number of ether oxygens (including phenoxy) is 1. The van der Waals surface area contributed by atoms with Crippen LogP contribution in [0.1, 0.15) is 46.0 Å². The molecule has 3 heteroatoms. The van der Waals surface area contributed by atoms with Crippen LogP contribution in [0.15, 0.2) is 0 Å². The van der Waals surface area contributed by atoms with Crippen molar-refractivity contribution in [1.29, 1.82) is 0 Å². The Balaban J connectivity index is 3.67. The molecule has 0 aromatic rings. The summed E-state index contributed by atoms with van der Waals surface area (Å²) in [5.74, 6) is -0.0527. The van der Waals surface area contributed by atoms with E-state index >= 15 is 0 Å². The lowest BCUT2D eigenvalue weighted by Gasteiger charge is -2.13. The highest BCUT2D eigenvalue weighted by Crippen LogP contribution is 2.14. The van der Waals surface area contributed by atoms with E-state index in [0.29, 0.717) is 13.0 Å². The maximum Gasteiger partial charge on any atom is 0.308 e. The second-order valence-corrected chi connectivity index (χ2v) is 3.49. The van der Waals surface area contributed by atoms with Gasteiger partial charge >= 0.3 is 5.97 Å². The summed E-state index contributed by atoms with van der Waals surface area (Å²) in [5.41, 5.74) is 0. The zero-order valence-electron chi connectivity index (χ0n) is 9.29. The monoisotopic (exact) mass is 202 g/mol. The van der Waals surface area contributed by atoms with E-state index in [-0.39, 0.29) is 18.5 Å². The van der Waals surface area contributed by atoms with Gasteiger partial charge in [-0.3, -0.25) is 4.79 Å². The van der Waals surface area contributed by atoms with Crippen molar-refractivity contribution >= 4 is 5.97 Å². The maximum absolute atomic E-state index is 11.5. The minimum atomic E-state index is -0.102. The predicted octanol–water partition coefficient (Wildman–Crippen LogP) is 2.13. The van der Waals surface area contributed by atoms with Crippen LogP contribution in [-0.4, -0.2) is 24.3 Å². The van der Waals surface area contributed by atoms with Crippen LogP contribution in [0.4, 0.5) is 0 Å². The molecule has 84 valence electrons. The quantitative estimate of drug-likeness (QED) is 0.484. The third-order valence-electron chi connectivity index (χ3n) is 2.28. The number of esters is 1. The molecule has 1 N–H and O–H groups in total. The van der Waals surface area contributed by atoms with Crippen LogP contribution in [0, 0.1) is 5.92 Å². The van der Waals surface area contributed by atoms with Gasteiger partial charge in [-0.2, -0.15) is 0 Å². The first-order valence-corrected chi connectivity index (χ1v) is 5.53. The first-order chi connectivity index (χ1) is 6.76. The summed E-state index contributed by atoms with van der Waals surface area (Å²) < 4.78 is 5.03. The first-order valence-electron chi connectivity index (χ1n) is 5.53. The summed E-state index contributed by atoms with van der Waals surface area (Å²) in [6, 6.07) is 0. The summed E-state index contributed by atoms with van der Waals surface area (Å²) in [4.78, 5) is 11.5. The van der Waals surface area contributed by atoms with Crippen LogP contribution in [-0.2, 0) is 9.53 Å². The van der Waals surface area contributed by atoms with E-state index in [1.165, 1.54) is 0 Å². The molecule has 0 bridgehead atoms. The molecule has 0 aliphatic rings. The number of aliphatic hydroxyl groups is 1. The first kappa shape index (κ1) is 13.4. The highest BCUT2D eigenvalue weighted by atomic mass is 16.5. The van der Waals surface area contributed by atoms with Crippen molar-refractivity contribution in [3.63, 3.8) is 0 Å². The molecule has 1 atom stereocenters. The molecular weight excluding hydrogens is 180 g/mol. The normalized spacial score (nSPS) is 12.5. The van der Waals surface area contributed by atoms with Crippen molar-refractivity contribution in [3.05, 3.63) is 0 Å². The number of unbranched alkanes of at least 4 members (excludes halogenated alkanes) is 1. The zero-order valence-corrected chi connectivity index (χ0v) is 9.29. The molecule has 0 heterocycles. The summed E-state index contributed by atoms with van der Waals surface area (Å²) in [5, 5.41) is 8.53. The highest BCUT2D eigenvalue weighted by Gasteiger charge is 2.16. The largest absolute Gasteiger partial charge is 0.465 e. The molecule has 0 radical (unpaired) electrons. The molecule has 0 aliphatic carbocycles. The van der Waals surface area contributed by atoms with Crippen LogP contribution in [0.5, 0.6) is 0 Å². The molecule has 0 saturated carbocycles. The average Bonchev–Trinajstić information content (AvgIpc) is 2.19. The molecule has 0 spiro atoms. The summed E-state index contributed by atoms with van der Waals surface area (Å²) in [7, 11) is 0. The van der Waals surface area contributed by atoms with Crippen molar-refractivity contribution in [2.45, 2.75) is 46.0 Å². The lowest BCUT2D eigenvalue weighted by molar-refractivity contribution is -0.149. The summed E-state index contributed by atoms with van der Waals surface area (Å²) in [6.07, 6.45) is 4.49. The zero-order chi connectivity index (χ0) is 10.8. The fourth-order valence-electron chi connectivity index (χ4n) is 1.29. The van der Waals surface area contributed by atoms with E-state index in [4.69, 9.17) is 9.84 Å². The van der Waals surface area contributed by atoms with Gasteiger partial charge in [0.05, 0.1) is 12.5 Å². The molecule has 0 rings (SSSR count). The Labute approximate surface area is 86.5 Å². The Morgan fingerprint density at radius 2 is 2.07 bits per heavy atom. The Kier molecular flexibility index (Phi) is 8.64. The van der Waals surface area contributed by atoms with E-state index in [1.807, 2.05) is 6.92 Å². The Bertz CT molecular complexity index is 145. The second-order valence-electron chi connectivity index (χ2n) is 3.49. The van der Waals surface area contributed by atoms with Crippen LogP contribution < -0.4 is 0 Å². The molecule has 0 fully saturated rings. The van der Waals surface area contributed by atoms with E-state index in [2.05, 4.69) is 6.92 Å². The van der Waals surface area contributed by atoms with Gasteiger partial charge in [0.15, 0.2) is 0 Å². The van der Waals surface area contributed by atoms with Crippen molar-refractivity contribution in [1.82, 2.24) is 0 Å². The smallest absolute Gasteiger partial charge is 0.308 e. The van der Waals surface area contributed by atoms with E-state index in [1.54, 1.807) is 0 Å². The lowest BCUT2D eigenvalue weighted by atomic mass is 10.00. The molecule has 0 amide bonds. The highest BCUT2D eigenvalue weighted by molar-refractivity contribution is 5.72. The summed E-state index contributed by atoms with van der Waals surface area (Å²) in [6.45, 7) is 4.55. The molecule has 0 aromatic carbocycles. The van der Waals surface area contributed by atoms with Gasteiger partial charge in [0.25, 0.3) is 0 Å². The standard InChI is InChI=1S/C11H22O3/c1-3-5-7-10(4-2)11(13)14-9-6-8-12/h10,12H,3-9H2,1-2H3. The van der Waals surface area contributed by atoms with Gasteiger partial charge in [-0.25, -0.2) is 0 Å². The minimum Gasteiger partial charge on any atom is -0.465 e. The fourth-order valence-corrected chi connectivity index (χ4v) is 1.29. The molecule has 0 saturated heterocycles. The summed E-state index contributed by atoms with van der Waals surface area (Å²) >= 11 is 0. The van der Waals surface area contributed by atoms with Gasteiger partial charge < -0.3 is 9.84 Å². The molecule has 0 aromatic heterocycles. The van der Waals surface area contributed by atoms with Crippen molar-refractivity contribution in [2.75, 3.05) is 13.2 Å². The van der Waals surface area contributed by atoms with Crippen molar-refractivity contribution in [3.8, 4) is 0 Å². The van der Waals surface area contributed by atoms with Gasteiger partial charge in [0, 0.05) is 13.0 Å². The third kappa shape index (κ3) is 5.97. The number of rotatable bonds is 8. The van der Waals surface area contributed by atoms with Crippen molar-refractivity contribution < 1.29 is 14.6 Å². The van der Waals surface area contributed by atoms with Gasteiger partial charge in [-0.05, 0) is 12.8 Å². The molecule has 3 nitrogen and oxygen atoms in total. The van der Waals surface area contributed by atoms with Crippen LogP contribution >= 0.6 is 0 Å². The predicted molar refractivity (Wildman–Crippen MR) is 56.0 cm³/mol. The van der Waals surface area contributed by atoms with E-state index < -0.39 is 0 Å². The molecule has 14 heavy (non-hydrogen) atoms. The Morgan fingerprint density at radius 1 is 1.36 bits per heavy atom. The van der Waals surface area contributed by atoms with Gasteiger partial charge in [-0.15, -0.1) is 0 Å². The molecule has 0 aliphatic heterocycles. The second kappa shape index (κ2) is 9.00. The van der Waals surface area contributed by atoms with E-state index in [9.17, 15) is 4.79 Å². The van der Waals surface area contributed by atoms with Crippen LogP contribution in [0.2, 0.25) is 0 Å². The van der Waals surface area contributed by atoms with Gasteiger partial charge in [0.1, 0.15) is 0 Å². The SMILES string of the molecule is CCCCC(CC)C(=O)OCCCO. The molecular formula is C11H22O3. The number of carbonyl (C=O) groups excluding carboxylic acids is 1. The van der Waals surface area contributed by atoms with Gasteiger partial charge in [0.2, 0.25) is 0 Å². The van der Waals surface area contributed by atoms with Gasteiger partial charge in [-0.1, -0.05) is 26.7 Å². The Morgan fingerprint density at radius 3 is 2.57 bits per heavy atom. The average molecular weight is 202 g/mol. The topological polar surface area (TPSA) is 46.5 Å².